The van der Waals surface area contributed by atoms with Crippen LogP contribution in [0.2, 0.25) is 0 Å². The van der Waals surface area contributed by atoms with Crippen LogP contribution in [0, 0.1) is 45.3 Å². The molecule has 0 fully saturated rings. The van der Waals surface area contributed by atoms with Gasteiger partial charge in [0, 0.05) is 92.8 Å². The number of hydrogen-bond acceptors (Lipinski definition) is 16. The van der Waals surface area contributed by atoms with Crippen LogP contribution in [0.3, 0.4) is 0 Å². The van der Waals surface area contributed by atoms with Gasteiger partial charge in [0.15, 0.2) is 0 Å². The Kier molecular flexibility index (Phi) is 24.1. The molecule has 668 valence electrons. The molecule has 17 aromatic carbocycles. The Bertz CT molecular complexity index is 8020. The summed E-state index contributed by atoms with van der Waals surface area (Å²) in [6, 6.07) is 173. The number of nitriles is 4. The molecule has 0 radical (unpaired) electrons. The third-order valence-electron chi connectivity index (χ3n) is 25.5. The number of aromatic nitrogens is 4. The summed E-state index contributed by atoms with van der Waals surface area (Å²) >= 11 is 0. The van der Waals surface area contributed by atoms with Crippen LogP contribution in [-0.2, 0) is 0 Å². The lowest BCUT2D eigenvalue weighted by Crippen LogP contribution is -2.24. The average molecular weight is 1820 g/mol. The molecule has 0 N–H and O–H groups in total. The van der Waals surface area contributed by atoms with Gasteiger partial charge in [-0.1, -0.05) is 267 Å². The van der Waals surface area contributed by atoms with Crippen LogP contribution < -0.4 is 39.2 Å². The van der Waals surface area contributed by atoms with Gasteiger partial charge in [-0.25, -0.2) is 9.97 Å². The fourth-order valence-corrected chi connectivity index (χ4v) is 19.4. The van der Waals surface area contributed by atoms with Crippen molar-refractivity contribution in [1.82, 2.24) is 19.9 Å². The summed E-state index contributed by atoms with van der Waals surface area (Å²) < 4.78 is 0. The molecule has 0 saturated heterocycles. The molecule has 142 heavy (non-hydrogen) atoms. The molecule has 0 saturated carbocycles. The quantitative estimate of drug-likeness (QED) is 0.107. The SMILES string of the molecule is N#Cc1cc(-c2ccccc2N2c3ccccc3N(c3ccccc3)c3ccccc32)ccn1.N#Cc1cccc(-c2ccc(-c3cccc(N4c5ccccc5N(c5ccccc5)c5ccccc54)c3)cc2)n1.N#Cc1ccncc1-c1ccccc1N1c2ccccc2N(c2ccccc2)c2ccccc21.N#Cc1cnccc1-c1ccccc1N1c2ccccc2N(c2ccccc2)c2ccccc21. The van der Waals surface area contributed by atoms with E-state index in [0.717, 1.165) is 192 Å². The first-order chi connectivity index (χ1) is 70.4. The molecule has 4 aromatic heterocycles. The number of fused-ring (bicyclic) bond motifs is 8. The Labute approximate surface area is 824 Å². The van der Waals surface area contributed by atoms with Crippen molar-refractivity contribution in [2.24, 2.45) is 0 Å². The van der Waals surface area contributed by atoms with E-state index >= 15 is 0 Å². The van der Waals surface area contributed by atoms with Gasteiger partial charge in [-0.05, 0) is 229 Å². The number of benzene rings is 17. The molecule has 16 heteroatoms. The molecule has 4 aliphatic heterocycles. The van der Waals surface area contributed by atoms with Crippen molar-refractivity contribution in [3.63, 3.8) is 0 Å². The van der Waals surface area contributed by atoms with Gasteiger partial charge in [0.2, 0.25) is 0 Å². The van der Waals surface area contributed by atoms with Gasteiger partial charge in [-0.2, -0.15) is 21.0 Å². The van der Waals surface area contributed by atoms with Gasteiger partial charge in [0.05, 0.1) is 131 Å². The van der Waals surface area contributed by atoms with Crippen LogP contribution >= 0.6 is 0 Å². The predicted molar refractivity (Wildman–Crippen MR) is 575 cm³/mol. The smallest absolute Gasteiger partial charge is 0.141 e. The Morgan fingerprint density at radius 1 is 0.169 bits per heavy atom. The third kappa shape index (κ3) is 16.6. The normalized spacial score (nSPS) is 11.9. The minimum absolute atomic E-state index is 0.405. The number of nitrogens with zero attached hydrogens (tertiary/aromatic N) is 16. The van der Waals surface area contributed by atoms with E-state index in [4.69, 9.17) is 0 Å². The van der Waals surface area contributed by atoms with E-state index in [2.05, 4.69) is 472 Å². The Hall–Kier alpha value is -20.3. The van der Waals surface area contributed by atoms with Crippen molar-refractivity contribution in [3.8, 4) is 80.0 Å². The fraction of sp³-hybridized carbons (Fsp3) is 0. The van der Waals surface area contributed by atoms with Gasteiger partial charge in [-0.3, -0.25) is 9.97 Å². The summed E-state index contributed by atoms with van der Waals surface area (Å²) in [6.07, 6.45) is 8.49. The maximum absolute atomic E-state index is 9.76. The number of pyridine rings is 4. The molecule has 0 amide bonds. The minimum atomic E-state index is 0.405. The van der Waals surface area contributed by atoms with Crippen molar-refractivity contribution in [2.45, 2.75) is 0 Å². The van der Waals surface area contributed by atoms with E-state index in [0.29, 0.717) is 22.5 Å². The zero-order valence-electron chi connectivity index (χ0n) is 76.7. The first-order valence-electron chi connectivity index (χ1n) is 46.6. The highest BCUT2D eigenvalue weighted by atomic mass is 15.3. The van der Waals surface area contributed by atoms with E-state index in [1.807, 2.05) is 78.9 Å². The van der Waals surface area contributed by atoms with Crippen LogP contribution in [-0.4, -0.2) is 19.9 Å². The minimum Gasteiger partial charge on any atom is -0.306 e. The summed E-state index contributed by atoms with van der Waals surface area (Å²) in [4.78, 5) is 35.6. The molecule has 8 heterocycles. The highest BCUT2D eigenvalue weighted by molar-refractivity contribution is 6.09. The maximum atomic E-state index is 9.76. The summed E-state index contributed by atoms with van der Waals surface area (Å²) in [7, 11) is 0. The van der Waals surface area contributed by atoms with Gasteiger partial charge in [-0.15, -0.1) is 0 Å². The van der Waals surface area contributed by atoms with E-state index in [-0.39, 0.29) is 0 Å². The van der Waals surface area contributed by atoms with Crippen LogP contribution in [0.1, 0.15) is 22.5 Å². The van der Waals surface area contributed by atoms with Crippen LogP contribution in [0.4, 0.5) is 136 Å². The van der Waals surface area contributed by atoms with Crippen LogP contribution in [0.25, 0.3) is 55.8 Å². The summed E-state index contributed by atoms with van der Waals surface area (Å²) in [5, 5.41) is 38.1. The lowest BCUT2D eigenvalue weighted by molar-refractivity contribution is 1.17. The Morgan fingerprint density at radius 3 is 0.852 bits per heavy atom. The molecule has 0 spiro atoms. The zero-order valence-corrected chi connectivity index (χ0v) is 76.7. The van der Waals surface area contributed by atoms with Gasteiger partial charge < -0.3 is 39.2 Å². The molecule has 0 atom stereocenters. The lowest BCUT2D eigenvalue weighted by atomic mass is 9.97. The second-order valence-electron chi connectivity index (χ2n) is 33.7. The van der Waals surface area contributed by atoms with E-state index in [1.54, 1.807) is 43.1 Å². The lowest BCUT2D eigenvalue weighted by Gasteiger charge is -2.41. The second-order valence-corrected chi connectivity index (χ2v) is 33.7. The number of anilines is 24. The Balaban J connectivity index is 0.000000109. The molecule has 16 nitrogen and oxygen atoms in total. The van der Waals surface area contributed by atoms with Crippen molar-refractivity contribution >= 4 is 136 Å². The highest BCUT2D eigenvalue weighted by Gasteiger charge is 2.37. The van der Waals surface area contributed by atoms with E-state index in [9.17, 15) is 21.0 Å². The molecule has 25 rings (SSSR count). The maximum Gasteiger partial charge on any atom is 0.141 e. The van der Waals surface area contributed by atoms with E-state index < -0.39 is 0 Å². The molecular weight excluding hydrogens is 1740 g/mol. The first-order valence-corrected chi connectivity index (χ1v) is 46.6. The second kappa shape index (κ2) is 39.3. The van der Waals surface area contributed by atoms with Crippen molar-refractivity contribution in [2.75, 3.05) is 39.2 Å². The molecule has 4 aliphatic rings. The Morgan fingerprint density at radius 2 is 0.472 bits per heavy atom. The summed E-state index contributed by atoms with van der Waals surface area (Å²) in [5.41, 5.74) is 37.8. The largest absolute Gasteiger partial charge is 0.306 e. The van der Waals surface area contributed by atoms with Crippen LogP contribution in [0.15, 0.2) is 510 Å². The molecule has 21 aromatic rings. The van der Waals surface area contributed by atoms with Crippen molar-refractivity contribution in [3.05, 3.63) is 533 Å². The molecule has 0 unspecified atom stereocenters. The number of para-hydroxylation sites is 23. The number of rotatable bonds is 13. The topological polar surface area (TPSA) is 173 Å². The number of hydrogen-bond donors (Lipinski definition) is 0. The fourth-order valence-electron chi connectivity index (χ4n) is 19.4. The molecular formula is C126H84N16. The third-order valence-corrected chi connectivity index (χ3v) is 25.5. The zero-order chi connectivity index (χ0) is 95.6. The van der Waals surface area contributed by atoms with Gasteiger partial charge >= 0.3 is 0 Å². The van der Waals surface area contributed by atoms with Gasteiger partial charge in [0.25, 0.3) is 0 Å². The monoisotopic (exact) mass is 1820 g/mol. The highest BCUT2D eigenvalue weighted by Crippen LogP contribution is 2.61. The summed E-state index contributed by atoms with van der Waals surface area (Å²) in [6.45, 7) is 0. The van der Waals surface area contributed by atoms with Crippen molar-refractivity contribution < 1.29 is 0 Å². The van der Waals surface area contributed by atoms with Crippen LogP contribution in [0.5, 0.6) is 0 Å². The standard InChI is InChI=1S/C36H24N4.3C30H20N4/c37-25-29-11-9-15-32(38-29)27-22-20-26(21-23-27)28-10-8-14-31(24-28)40-35-18-6-4-16-33(35)39(30-12-2-1-3-13-30)34-17-5-7-19-36(34)40;31-20-22-21-32-19-18-24(22)25-12-4-5-13-26(25)34-29-16-8-6-14-27(29)33(23-10-2-1-3-11-23)28-15-7-9-17-30(28)34;31-21-23-20-22(18-19-32-23)25-12-4-5-13-26(25)34-29-16-8-6-14-27(29)33(24-10-2-1-3-11-24)28-15-7-9-17-30(28)34;31-20-22-18-19-32-21-25(22)24-12-4-5-13-26(24)34-29-16-8-6-14-27(29)33(23-10-2-1-3-11-23)28-15-7-9-17-30(28)34/h1-24H;1-19,21H;1-20H;1-19,21H. The molecule has 0 bridgehead atoms. The summed E-state index contributed by atoms with van der Waals surface area (Å²) in [5.74, 6) is 0. The van der Waals surface area contributed by atoms with Crippen molar-refractivity contribution in [1.29, 1.82) is 21.0 Å². The molecule has 0 aliphatic carbocycles. The predicted octanol–water partition coefficient (Wildman–Crippen LogP) is 33.2. The van der Waals surface area contributed by atoms with E-state index in [1.165, 1.54) is 0 Å². The average Bonchev–Trinajstić information content (AvgIpc) is 0.735. The van der Waals surface area contributed by atoms with Gasteiger partial charge in [0.1, 0.15) is 29.6 Å². The first kappa shape index (κ1) is 87.1.